The fourth-order valence-electron chi connectivity index (χ4n) is 2.50. The summed E-state index contributed by atoms with van der Waals surface area (Å²) in [6, 6.07) is 0. The van der Waals surface area contributed by atoms with Crippen molar-refractivity contribution in [1.82, 2.24) is 13.6 Å². The van der Waals surface area contributed by atoms with Crippen molar-refractivity contribution in [2.45, 2.75) is 49.8 Å². The van der Waals surface area contributed by atoms with Gasteiger partial charge in [-0.25, -0.2) is 0 Å². The standard InChI is InChI=1S/C16H25N3O2S2/c1-4-6-9-13(16(20)21-5-2)22-15-14(17-23-18-15)12-8-7-10-19(3)11-12/h8,13H,4-7,9-11H2,1-3H3. The van der Waals surface area contributed by atoms with Gasteiger partial charge in [0, 0.05) is 13.1 Å². The number of esters is 1. The number of carbonyl (C=O) groups excluding carboxylic acids is 1. The lowest BCUT2D eigenvalue weighted by atomic mass is 10.1. The van der Waals surface area contributed by atoms with Crippen molar-refractivity contribution >= 4 is 35.0 Å². The van der Waals surface area contributed by atoms with E-state index in [1.165, 1.54) is 29.1 Å². The summed E-state index contributed by atoms with van der Waals surface area (Å²) in [5.74, 6) is -0.139. The number of nitrogens with zero attached hydrogens (tertiary/aromatic N) is 3. The number of ether oxygens (including phenoxy) is 1. The third-order valence-electron chi connectivity index (χ3n) is 3.73. The highest BCUT2D eigenvalue weighted by Gasteiger charge is 2.25. The molecule has 1 atom stereocenters. The lowest BCUT2D eigenvalue weighted by Crippen LogP contribution is -2.25. The summed E-state index contributed by atoms with van der Waals surface area (Å²) in [5, 5.41) is 0.671. The largest absolute Gasteiger partial charge is 0.465 e. The summed E-state index contributed by atoms with van der Waals surface area (Å²) in [6.45, 7) is 6.35. The fourth-order valence-corrected chi connectivity index (χ4v) is 4.33. The van der Waals surface area contributed by atoms with Crippen molar-refractivity contribution in [2.24, 2.45) is 0 Å². The van der Waals surface area contributed by atoms with Crippen molar-refractivity contribution in [3.8, 4) is 0 Å². The summed E-state index contributed by atoms with van der Waals surface area (Å²) >= 11 is 2.73. The minimum absolute atomic E-state index is 0.139. The summed E-state index contributed by atoms with van der Waals surface area (Å²) in [5.41, 5.74) is 2.16. The first-order valence-electron chi connectivity index (χ1n) is 8.19. The van der Waals surface area contributed by atoms with Gasteiger partial charge in [0.1, 0.15) is 16.0 Å². The molecule has 1 aliphatic rings. The Labute approximate surface area is 146 Å². The van der Waals surface area contributed by atoms with E-state index in [1.807, 2.05) is 6.92 Å². The van der Waals surface area contributed by atoms with Gasteiger partial charge in [-0.2, -0.15) is 8.75 Å². The van der Waals surface area contributed by atoms with Crippen LogP contribution in [0.1, 0.15) is 45.2 Å². The molecule has 0 aromatic carbocycles. The van der Waals surface area contributed by atoms with E-state index >= 15 is 0 Å². The molecule has 1 unspecified atom stereocenters. The molecule has 5 nitrogen and oxygen atoms in total. The van der Waals surface area contributed by atoms with Gasteiger partial charge in [-0.15, -0.1) is 0 Å². The van der Waals surface area contributed by atoms with Crippen molar-refractivity contribution in [3.63, 3.8) is 0 Å². The van der Waals surface area contributed by atoms with Crippen molar-refractivity contribution in [1.29, 1.82) is 0 Å². The van der Waals surface area contributed by atoms with Crippen LogP contribution in [0, 0.1) is 0 Å². The Bertz CT molecular complexity index is 545. The summed E-state index contributed by atoms with van der Waals surface area (Å²) in [7, 11) is 2.11. The van der Waals surface area contributed by atoms with Gasteiger partial charge in [0.15, 0.2) is 0 Å². The molecule has 0 N–H and O–H groups in total. The van der Waals surface area contributed by atoms with Crippen LogP contribution in [-0.2, 0) is 9.53 Å². The highest BCUT2D eigenvalue weighted by Crippen LogP contribution is 2.33. The van der Waals surface area contributed by atoms with Crippen LogP contribution < -0.4 is 0 Å². The maximum Gasteiger partial charge on any atom is 0.319 e. The molecule has 0 saturated heterocycles. The van der Waals surface area contributed by atoms with Crippen molar-refractivity contribution in [3.05, 3.63) is 11.8 Å². The Morgan fingerprint density at radius 2 is 2.30 bits per heavy atom. The fraction of sp³-hybridized carbons (Fsp3) is 0.688. The third-order valence-corrected chi connectivity index (χ3v) is 5.59. The maximum atomic E-state index is 12.2. The Hall–Kier alpha value is -0.920. The summed E-state index contributed by atoms with van der Waals surface area (Å²) < 4.78 is 14.1. The molecule has 0 amide bonds. The number of hydrogen-bond donors (Lipinski definition) is 0. The molecule has 2 heterocycles. The first-order valence-corrected chi connectivity index (χ1v) is 9.80. The maximum absolute atomic E-state index is 12.2. The monoisotopic (exact) mass is 355 g/mol. The van der Waals surface area contributed by atoms with Gasteiger partial charge in [-0.05, 0) is 32.4 Å². The molecule has 0 saturated carbocycles. The second-order valence-corrected chi connectivity index (χ2v) is 7.39. The van der Waals surface area contributed by atoms with E-state index in [4.69, 9.17) is 4.74 Å². The van der Waals surface area contributed by atoms with Gasteiger partial charge in [0.05, 0.1) is 18.3 Å². The first kappa shape index (κ1) is 18.4. The van der Waals surface area contributed by atoms with Gasteiger partial charge in [-0.1, -0.05) is 37.6 Å². The van der Waals surface area contributed by atoms with E-state index in [9.17, 15) is 4.79 Å². The lowest BCUT2D eigenvalue weighted by molar-refractivity contribution is -0.142. The second-order valence-electron chi connectivity index (χ2n) is 5.67. The minimum Gasteiger partial charge on any atom is -0.465 e. The van der Waals surface area contributed by atoms with Crippen LogP contribution in [0.4, 0.5) is 0 Å². The average molecular weight is 356 g/mol. The molecule has 0 spiro atoms. The Balaban J connectivity index is 2.12. The van der Waals surface area contributed by atoms with E-state index in [2.05, 4.69) is 33.7 Å². The van der Waals surface area contributed by atoms with E-state index in [-0.39, 0.29) is 11.2 Å². The van der Waals surface area contributed by atoms with Crippen LogP contribution in [0.3, 0.4) is 0 Å². The predicted molar refractivity (Wildman–Crippen MR) is 95.8 cm³/mol. The lowest BCUT2D eigenvalue weighted by Gasteiger charge is -2.22. The van der Waals surface area contributed by atoms with Gasteiger partial charge >= 0.3 is 5.97 Å². The minimum atomic E-state index is -0.195. The Morgan fingerprint density at radius 3 is 3.00 bits per heavy atom. The summed E-state index contributed by atoms with van der Waals surface area (Å²) in [6.07, 6.45) is 6.16. The van der Waals surface area contributed by atoms with E-state index < -0.39 is 0 Å². The Kier molecular flexibility index (Phi) is 7.52. The van der Waals surface area contributed by atoms with E-state index in [0.29, 0.717) is 6.61 Å². The van der Waals surface area contributed by atoms with Gasteiger partial charge in [0.2, 0.25) is 0 Å². The average Bonchev–Trinajstić information content (AvgIpc) is 2.99. The second kappa shape index (κ2) is 9.39. The molecular weight excluding hydrogens is 330 g/mol. The van der Waals surface area contributed by atoms with Crippen LogP contribution in [0.15, 0.2) is 11.1 Å². The van der Waals surface area contributed by atoms with Crippen LogP contribution >= 0.6 is 23.5 Å². The molecule has 1 aliphatic heterocycles. The predicted octanol–water partition coefficient (Wildman–Crippen LogP) is 3.47. The van der Waals surface area contributed by atoms with E-state index in [0.717, 1.165) is 49.5 Å². The quantitative estimate of drug-likeness (QED) is 0.526. The molecule has 2 rings (SSSR count). The zero-order chi connectivity index (χ0) is 16.7. The number of unbranched alkanes of at least 4 members (excludes halogenated alkanes) is 1. The van der Waals surface area contributed by atoms with Crippen LogP contribution in [0.25, 0.3) is 5.57 Å². The topological polar surface area (TPSA) is 55.3 Å². The van der Waals surface area contributed by atoms with E-state index in [1.54, 1.807) is 0 Å². The number of aromatic nitrogens is 2. The first-order chi connectivity index (χ1) is 11.2. The smallest absolute Gasteiger partial charge is 0.319 e. The van der Waals surface area contributed by atoms with Gasteiger partial charge in [-0.3, -0.25) is 4.79 Å². The molecule has 0 fully saturated rings. The molecule has 23 heavy (non-hydrogen) atoms. The number of hydrogen-bond acceptors (Lipinski definition) is 7. The molecule has 7 heteroatoms. The molecule has 128 valence electrons. The van der Waals surface area contributed by atoms with Gasteiger partial charge < -0.3 is 9.64 Å². The van der Waals surface area contributed by atoms with Gasteiger partial charge in [0.25, 0.3) is 0 Å². The molecule has 0 radical (unpaired) electrons. The molecular formula is C16H25N3O2S2. The van der Waals surface area contributed by atoms with Crippen molar-refractivity contribution < 1.29 is 9.53 Å². The molecule has 1 aromatic rings. The zero-order valence-corrected chi connectivity index (χ0v) is 15.7. The number of thioether (sulfide) groups is 1. The third kappa shape index (κ3) is 5.29. The SMILES string of the molecule is CCCCC(Sc1nsnc1C1=CCCN(C)C1)C(=O)OCC. The molecule has 1 aromatic heterocycles. The van der Waals surface area contributed by atoms with Crippen LogP contribution in [0.2, 0.25) is 0 Å². The highest BCUT2D eigenvalue weighted by atomic mass is 32.2. The number of carbonyl (C=O) groups is 1. The number of likely N-dealkylation sites (N-methyl/N-ethyl adjacent to an activating group) is 1. The summed E-state index contributed by atoms with van der Waals surface area (Å²) in [4.78, 5) is 14.5. The molecule has 0 aliphatic carbocycles. The Morgan fingerprint density at radius 1 is 1.48 bits per heavy atom. The molecule has 0 bridgehead atoms. The number of rotatable bonds is 8. The zero-order valence-electron chi connectivity index (χ0n) is 14.1. The normalized spacial score (nSPS) is 16.9. The highest BCUT2D eigenvalue weighted by molar-refractivity contribution is 8.00. The van der Waals surface area contributed by atoms with Crippen LogP contribution in [0.5, 0.6) is 0 Å². The van der Waals surface area contributed by atoms with Crippen molar-refractivity contribution in [2.75, 3.05) is 26.7 Å². The van der Waals surface area contributed by atoms with Crippen LogP contribution in [-0.4, -0.2) is 51.6 Å².